The average molecular weight is 241 g/mol. The molecule has 0 saturated heterocycles. The Kier molecular flexibility index (Phi) is 4.35. The van der Waals surface area contributed by atoms with E-state index in [1.54, 1.807) is 0 Å². The van der Waals surface area contributed by atoms with E-state index in [1.807, 2.05) is 0 Å². The summed E-state index contributed by atoms with van der Waals surface area (Å²) in [6, 6.07) is 1.07. The first-order chi connectivity index (χ1) is 8.10. The summed E-state index contributed by atoms with van der Waals surface area (Å²) < 4.78 is 4.43. The molecule has 17 heavy (non-hydrogen) atoms. The molecule has 0 aliphatic heterocycles. The van der Waals surface area contributed by atoms with Crippen LogP contribution in [0.25, 0.3) is 0 Å². The van der Waals surface area contributed by atoms with Crippen LogP contribution in [0.15, 0.2) is 12.3 Å². The van der Waals surface area contributed by atoms with E-state index in [0.717, 1.165) is 6.07 Å². The maximum absolute atomic E-state index is 11.2. The van der Waals surface area contributed by atoms with Crippen molar-refractivity contribution in [3.05, 3.63) is 27.9 Å². The maximum atomic E-state index is 11.2. The van der Waals surface area contributed by atoms with E-state index >= 15 is 0 Å². The Bertz CT molecular complexity index is 435. The highest BCUT2D eigenvalue weighted by Gasteiger charge is 2.19. The van der Waals surface area contributed by atoms with Gasteiger partial charge in [0.15, 0.2) is 0 Å². The molecule has 0 unspecified atom stereocenters. The van der Waals surface area contributed by atoms with E-state index in [1.165, 1.54) is 13.3 Å². The third-order valence-electron chi connectivity index (χ3n) is 1.89. The van der Waals surface area contributed by atoms with Crippen molar-refractivity contribution in [2.24, 2.45) is 0 Å². The highest BCUT2D eigenvalue weighted by molar-refractivity contribution is 5.90. The summed E-state index contributed by atoms with van der Waals surface area (Å²) in [6.45, 7) is -0.0526. The predicted molar refractivity (Wildman–Crippen MR) is 57.8 cm³/mol. The molecule has 1 rings (SSSR count). The second-order valence-corrected chi connectivity index (χ2v) is 2.99. The summed E-state index contributed by atoms with van der Waals surface area (Å²) in [4.78, 5) is 25.0. The van der Waals surface area contributed by atoms with E-state index in [9.17, 15) is 14.9 Å². The standard InChI is InChI=1S/C9H11N3O5/c1-17-9(14)6-4-7(12(15)16)8(11-5-6)10-2-3-13/h4-5,13H,2-3H2,1H3,(H,10,11). The highest BCUT2D eigenvalue weighted by atomic mass is 16.6. The van der Waals surface area contributed by atoms with Crippen molar-refractivity contribution in [3.8, 4) is 0 Å². The second kappa shape index (κ2) is 5.75. The number of aromatic nitrogens is 1. The Morgan fingerprint density at radius 2 is 2.41 bits per heavy atom. The number of ether oxygens (including phenoxy) is 1. The number of anilines is 1. The molecule has 0 aliphatic rings. The number of pyridine rings is 1. The van der Waals surface area contributed by atoms with Crippen LogP contribution >= 0.6 is 0 Å². The Morgan fingerprint density at radius 3 is 2.94 bits per heavy atom. The number of esters is 1. The van der Waals surface area contributed by atoms with Gasteiger partial charge in [0.25, 0.3) is 0 Å². The molecule has 8 heteroatoms. The smallest absolute Gasteiger partial charge is 0.339 e. The lowest BCUT2D eigenvalue weighted by Crippen LogP contribution is -2.11. The lowest BCUT2D eigenvalue weighted by atomic mass is 10.2. The van der Waals surface area contributed by atoms with Crippen LogP contribution in [0.2, 0.25) is 0 Å². The zero-order valence-electron chi connectivity index (χ0n) is 9.04. The van der Waals surface area contributed by atoms with Crippen molar-refractivity contribution >= 4 is 17.5 Å². The Hall–Kier alpha value is -2.22. The van der Waals surface area contributed by atoms with Gasteiger partial charge in [-0.15, -0.1) is 0 Å². The third kappa shape index (κ3) is 3.11. The molecule has 0 saturated carbocycles. The minimum atomic E-state index is -0.700. The molecule has 0 aliphatic carbocycles. The number of carbonyl (C=O) groups is 1. The van der Waals surface area contributed by atoms with E-state index in [0.29, 0.717) is 0 Å². The first-order valence-electron chi connectivity index (χ1n) is 4.67. The predicted octanol–water partition coefficient (Wildman–Crippen LogP) is 0.181. The van der Waals surface area contributed by atoms with E-state index < -0.39 is 10.9 Å². The van der Waals surface area contributed by atoms with Gasteiger partial charge in [0.05, 0.1) is 24.2 Å². The average Bonchev–Trinajstić information content (AvgIpc) is 2.35. The SMILES string of the molecule is COC(=O)c1cnc(NCCO)c([N+](=O)[O-])c1. The Morgan fingerprint density at radius 1 is 1.71 bits per heavy atom. The number of rotatable bonds is 5. The van der Waals surface area contributed by atoms with Crippen molar-refractivity contribution in [2.75, 3.05) is 25.6 Å². The topological polar surface area (TPSA) is 115 Å². The summed E-state index contributed by atoms with van der Waals surface area (Å²) in [5.74, 6) is -0.703. The summed E-state index contributed by atoms with van der Waals surface area (Å²) >= 11 is 0. The number of methoxy groups -OCH3 is 1. The molecule has 0 atom stereocenters. The number of hydrogen-bond acceptors (Lipinski definition) is 7. The van der Waals surface area contributed by atoms with Gasteiger partial charge < -0.3 is 15.2 Å². The molecule has 0 radical (unpaired) electrons. The minimum Gasteiger partial charge on any atom is -0.465 e. The molecule has 1 aromatic rings. The van der Waals surface area contributed by atoms with Gasteiger partial charge in [0.2, 0.25) is 5.82 Å². The van der Waals surface area contributed by atoms with Crippen LogP contribution in [0.5, 0.6) is 0 Å². The minimum absolute atomic E-state index is 0.00305. The molecule has 0 fully saturated rings. The van der Waals surface area contributed by atoms with Crippen molar-refractivity contribution in [1.82, 2.24) is 4.98 Å². The summed E-state index contributed by atoms with van der Waals surface area (Å²) in [6.07, 6.45) is 1.17. The third-order valence-corrected chi connectivity index (χ3v) is 1.89. The first-order valence-corrected chi connectivity index (χ1v) is 4.67. The fraction of sp³-hybridized carbons (Fsp3) is 0.333. The van der Waals surface area contributed by atoms with Crippen LogP contribution < -0.4 is 5.32 Å². The lowest BCUT2D eigenvalue weighted by molar-refractivity contribution is -0.384. The fourth-order valence-corrected chi connectivity index (χ4v) is 1.13. The van der Waals surface area contributed by atoms with Crippen LogP contribution in [0, 0.1) is 10.1 Å². The molecule has 1 aromatic heterocycles. The first kappa shape index (κ1) is 12.8. The van der Waals surface area contributed by atoms with Gasteiger partial charge in [-0.05, 0) is 0 Å². The van der Waals surface area contributed by atoms with Crippen molar-refractivity contribution < 1.29 is 19.6 Å². The second-order valence-electron chi connectivity index (χ2n) is 2.99. The van der Waals surface area contributed by atoms with Gasteiger partial charge in [-0.1, -0.05) is 0 Å². The van der Waals surface area contributed by atoms with Crippen LogP contribution in [0.3, 0.4) is 0 Å². The normalized spacial score (nSPS) is 9.76. The van der Waals surface area contributed by atoms with Crippen LogP contribution in [0.1, 0.15) is 10.4 Å². The van der Waals surface area contributed by atoms with Gasteiger partial charge in [0, 0.05) is 18.8 Å². The van der Waals surface area contributed by atoms with Gasteiger partial charge in [0.1, 0.15) is 0 Å². The molecular weight excluding hydrogens is 230 g/mol. The lowest BCUT2D eigenvalue weighted by Gasteiger charge is -2.05. The van der Waals surface area contributed by atoms with Crippen LogP contribution in [-0.2, 0) is 4.74 Å². The Labute approximate surface area is 96.4 Å². The molecule has 0 bridgehead atoms. The number of nitrogens with zero attached hydrogens (tertiary/aromatic N) is 2. The van der Waals surface area contributed by atoms with Gasteiger partial charge >= 0.3 is 11.7 Å². The van der Waals surface area contributed by atoms with Crippen molar-refractivity contribution in [2.45, 2.75) is 0 Å². The number of nitrogens with one attached hydrogen (secondary N) is 1. The zero-order chi connectivity index (χ0) is 12.8. The number of nitro groups is 1. The number of aliphatic hydroxyl groups excluding tert-OH is 1. The van der Waals surface area contributed by atoms with E-state index in [4.69, 9.17) is 5.11 Å². The quantitative estimate of drug-likeness (QED) is 0.429. The molecule has 0 spiro atoms. The number of aliphatic hydroxyl groups is 1. The molecule has 1 heterocycles. The molecule has 92 valence electrons. The van der Waals surface area contributed by atoms with Crippen LogP contribution in [-0.4, -0.2) is 41.2 Å². The highest BCUT2D eigenvalue weighted by Crippen LogP contribution is 2.22. The summed E-state index contributed by atoms with van der Waals surface area (Å²) in [7, 11) is 1.17. The van der Waals surface area contributed by atoms with Crippen molar-refractivity contribution in [3.63, 3.8) is 0 Å². The molecule has 8 nitrogen and oxygen atoms in total. The molecule has 0 amide bonds. The van der Waals surface area contributed by atoms with Gasteiger partial charge in [-0.25, -0.2) is 9.78 Å². The van der Waals surface area contributed by atoms with E-state index in [-0.39, 0.29) is 30.2 Å². The van der Waals surface area contributed by atoms with Crippen molar-refractivity contribution in [1.29, 1.82) is 0 Å². The van der Waals surface area contributed by atoms with E-state index in [2.05, 4.69) is 15.0 Å². The Balaban J connectivity index is 3.08. The molecule has 2 N–H and O–H groups in total. The maximum Gasteiger partial charge on any atom is 0.339 e. The largest absolute Gasteiger partial charge is 0.465 e. The monoisotopic (exact) mass is 241 g/mol. The molecular formula is C9H11N3O5. The zero-order valence-corrected chi connectivity index (χ0v) is 9.04. The summed E-state index contributed by atoms with van der Waals surface area (Å²) in [5.41, 5.74) is -0.352. The van der Waals surface area contributed by atoms with Gasteiger partial charge in [-0.3, -0.25) is 10.1 Å². The number of carbonyl (C=O) groups excluding carboxylic acids is 1. The van der Waals surface area contributed by atoms with Gasteiger partial charge in [-0.2, -0.15) is 0 Å². The molecule has 0 aromatic carbocycles. The number of hydrogen-bond donors (Lipinski definition) is 2. The summed E-state index contributed by atoms with van der Waals surface area (Å²) in [5, 5.41) is 21.9. The van der Waals surface area contributed by atoms with Crippen LogP contribution in [0.4, 0.5) is 11.5 Å². The fourth-order valence-electron chi connectivity index (χ4n) is 1.13.